The van der Waals surface area contributed by atoms with Gasteiger partial charge < -0.3 is 16.3 Å². The molecule has 0 spiro atoms. The zero-order valence-corrected chi connectivity index (χ0v) is 8.34. The first-order valence-electron chi connectivity index (χ1n) is 4.44. The lowest BCUT2D eigenvalue weighted by atomic mass is 10.1. The molecule has 0 aliphatic heterocycles. The lowest BCUT2D eigenvalue weighted by Crippen LogP contribution is -2.09. The second-order valence-corrected chi connectivity index (χ2v) is 3.12. The van der Waals surface area contributed by atoms with Gasteiger partial charge >= 0.3 is 0 Å². The van der Waals surface area contributed by atoms with Crippen LogP contribution >= 0.6 is 0 Å². The standard InChI is InChI=1S/C10H12N4O/c1-15-8-4-2-3-7(5-8)9-10(11)14(12)6-13-9/h2-6H,11-12H2,1H3. The minimum atomic E-state index is 0.434. The van der Waals surface area contributed by atoms with Crippen molar-refractivity contribution in [3.8, 4) is 17.0 Å². The smallest absolute Gasteiger partial charge is 0.150 e. The summed E-state index contributed by atoms with van der Waals surface area (Å²) in [7, 11) is 1.62. The van der Waals surface area contributed by atoms with Crippen LogP contribution in [-0.4, -0.2) is 16.8 Å². The molecule has 2 aromatic rings. The Morgan fingerprint density at radius 2 is 2.20 bits per heavy atom. The molecule has 1 aromatic heterocycles. The van der Waals surface area contributed by atoms with E-state index in [4.69, 9.17) is 16.3 Å². The number of rotatable bonds is 2. The van der Waals surface area contributed by atoms with Gasteiger partial charge in [0.25, 0.3) is 0 Å². The Hall–Kier alpha value is -2.17. The van der Waals surface area contributed by atoms with Crippen molar-refractivity contribution in [3.05, 3.63) is 30.6 Å². The number of benzene rings is 1. The van der Waals surface area contributed by atoms with Crippen molar-refractivity contribution < 1.29 is 4.74 Å². The van der Waals surface area contributed by atoms with Crippen LogP contribution in [0.3, 0.4) is 0 Å². The molecule has 78 valence electrons. The van der Waals surface area contributed by atoms with Crippen LogP contribution in [0.5, 0.6) is 5.75 Å². The third kappa shape index (κ3) is 1.59. The molecule has 0 saturated carbocycles. The fraction of sp³-hybridized carbons (Fsp3) is 0.100. The molecule has 0 fully saturated rings. The van der Waals surface area contributed by atoms with Gasteiger partial charge in [-0.25, -0.2) is 9.66 Å². The average Bonchev–Trinajstić information content (AvgIpc) is 2.60. The maximum absolute atomic E-state index is 5.76. The van der Waals surface area contributed by atoms with E-state index in [1.807, 2.05) is 24.3 Å². The van der Waals surface area contributed by atoms with Gasteiger partial charge in [-0.1, -0.05) is 12.1 Å². The number of nitrogen functional groups attached to an aromatic ring is 2. The zero-order valence-electron chi connectivity index (χ0n) is 8.34. The fourth-order valence-corrected chi connectivity index (χ4v) is 1.36. The van der Waals surface area contributed by atoms with E-state index in [1.54, 1.807) is 7.11 Å². The van der Waals surface area contributed by atoms with E-state index < -0.39 is 0 Å². The van der Waals surface area contributed by atoms with Crippen LogP contribution in [-0.2, 0) is 0 Å². The molecule has 2 rings (SSSR count). The van der Waals surface area contributed by atoms with Gasteiger partial charge in [-0.05, 0) is 12.1 Å². The lowest BCUT2D eigenvalue weighted by molar-refractivity contribution is 0.415. The average molecular weight is 204 g/mol. The van der Waals surface area contributed by atoms with Crippen molar-refractivity contribution in [1.29, 1.82) is 0 Å². The highest BCUT2D eigenvalue weighted by molar-refractivity contribution is 5.71. The Balaban J connectivity index is 2.49. The number of anilines is 1. The molecule has 1 heterocycles. The van der Waals surface area contributed by atoms with Crippen molar-refractivity contribution in [2.45, 2.75) is 0 Å². The number of hydrogen-bond acceptors (Lipinski definition) is 4. The van der Waals surface area contributed by atoms with Crippen LogP contribution in [0.1, 0.15) is 0 Å². The van der Waals surface area contributed by atoms with E-state index >= 15 is 0 Å². The summed E-state index contributed by atoms with van der Waals surface area (Å²) in [5.41, 5.74) is 7.31. The number of aromatic nitrogens is 2. The number of imidazole rings is 1. The summed E-state index contributed by atoms with van der Waals surface area (Å²) in [5, 5.41) is 0. The monoisotopic (exact) mass is 204 g/mol. The number of nitrogens with two attached hydrogens (primary N) is 2. The molecule has 0 aliphatic carbocycles. The second kappa shape index (κ2) is 3.53. The molecule has 0 aliphatic rings. The molecule has 0 unspecified atom stereocenters. The second-order valence-electron chi connectivity index (χ2n) is 3.12. The van der Waals surface area contributed by atoms with Crippen LogP contribution in [0.25, 0.3) is 11.3 Å². The first-order valence-corrected chi connectivity index (χ1v) is 4.44. The fourth-order valence-electron chi connectivity index (χ4n) is 1.36. The van der Waals surface area contributed by atoms with Gasteiger partial charge in [-0.2, -0.15) is 0 Å². The van der Waals surface area contributed by atoms with Gasteiger partial charge in [0.1, 0.15) is 23.6 Å². The van der Waals surface area contributed by atoms with Crippen LogP contribution in [0.2, 0.25) is 0 Å². The number of hydrogen-bond donors (Lipinski definition) is 2. The summed E-state index contributed by atoms with van der Waals surface area (Å²) in [6.45, 7) is 0. The summed E-state index contributed by atoms with van der Waals surface area (Å²) in [5.74, 6) is 6.74. The van der Waals surface area contributed by atoms with Crippen LogP contribution < -0.4 is 16.3 Å². The van der Waals surface area contributed by atoms with Crippen molar-refractivity contribution in [3.63, 3.8) is 0 Å². The Morgan fingerprint density at radius 3 is 2.80 bits per heavy atom. The Kier molecular flexibility index (Phi) is 2.21. The van der Waals surface area contributed by atoms with Crippen molar-refractivity contribution in [1.82, 2.24) is 9.66 Å². The maximum Gasteiger partial charge on any atom is 0.150 e. The molecule has 15 heavy (non-hydrogen) atoms. The maximum atomic E-state index is 5.76. The van der Waals surface area contributed by atoms with E-state index in [9.17, 15) is 0 Å². The predicted octanol–water partition coefficient (Wildman–Crippen LogP) is 0.855. The highest BCUT2D eigenvalue weighted by Crippen LogP contribution is 2.26. The summed E-state index contributed by atoms with van der Waals surface area (Å²) in [6.07, 6.45) is 1.48. The number of ether oxygens (including phenoxy) is 1. The zero-order chi connectivity index (χ0) is 10.8. The van der Waals surface area contributed by atoms with E-state index in [-0.39, 0.29) is 0 Å². The molecular formula is C10H12N4O. The van der Waals surface area contributed by atoms with E-state index in [1.165, 1.54) is 11.0 Å². The normalized spacial score (nSPS) is 10.2. The van der Waals surface area contributed by atoms with Gasteiger partial charge in [0.15, 0.2) is 0 Å². The molecular weight excluding hydrogens is 192 g/mol. The quantitative estimate of drug-likeness (QED) is 0.711. The van der Waals surface area contributed by atoms with Gasteiger partial charge in [-0.3, -0.25) is 0 Å². The van der Waals surface area contributed by atoms with E-state index in [0.29, 0.717) is 11.5 Å². The van der Waals surface area contributed by atoms with Crippen molar-refractivity contribution in [2.24, 2.45) is 0 Å². The van der Waals surface area contributed by atoms with Gasteiger partial charge in [-0.15, -0.1) is 0 Å². The summed E-state index contributed by atoms with van der Waals surface area (Å²) in [6, 6.07) is 7.50. The first-order chi connectivity index (χ1) is 7.22. The van der Waals surface area contributed by atoms with Crippen molar-refractivity contribution >= 4 is 5.82 Å². The third-order valence-electron chi connectivity index (χ3n) is 2.18. The third-order valence-corrected chi connectivity index (χ3v) is 2.18. The molecule has 4 N–H and O–H groups in total. The van der Waals surface area contributed by atoms with Crippen molar-refractivity contribution in [2.75, 3.05) is 18.7 Å². The van der Waals surface area contributed by atoms with E-state index in [0.717, 1.165) is 11.3 Å². The molecule has 0 bridgehead atoms. The summed E-state index contributed by atoms with van der Waals surface area (Å²) in [4.78, 5) is 4.12. The topological polar surface area (TPSA) is 79.1 Å². The summed E-state index contributed by atoms with van der Waals surface area (Å²) < 4.78 is 6.40. The number of nitrogens with zero attached hydrogens (tertiary/aromatic N) is 2. The Bertz CT molecular complexity index is 478. The molecule has 1 aromatic carbocycles. The van der Waals surface area contributed by atoms with E-state index in [2.05, 4.69) is 4.98 Å². The summed E-state index contributed by atoms with van der Waals surface area (Å²) >= 11 is 0. The van der Waals surface area contributed by atoms with Gasteiger partial charge in [0, 0.05) is 5.56 Å². The Morgan fingerprint density at radius 1 is 1.40 bits per heavy atom. The minimum Gasteiger partial charge on any atom is -0.497 e. The SMILES string of the molecule is COc1cccc(-c2ncn(N)c2N)c1. The molecule has 0 saturated heterocycles. The first kappa shape index (κ1) is 9.39. The molecule has 5 nitrogen and oxygen atoms in total. The Labute approximate surface area is 87.3 Å². The minimum absolute atomic E-state index is 0.434. The predicted molar refractivity (Wildman–Crippen MR) is 58.8 cm³/mol. The lowest BCUT2D eigenvalue weighted by Gasteiger charge is -2.03. The molecule has 0 radical (unpaired) electrons. The number of methoxy groups -OCH3 is 1. The highest BCUT2D eigenvalue weighted by Gasteiger charge is 2.08. The van der Waals surface area contributed by atoms with Crippen LogP contribution in [0, 0.1) is 0 Å². The van der Waals surface area contributed by atoms with Gasteiger partial charge in [0.2, 0.25) is 0 Å². The van der Waals surface area contributed by atoms with Crippen LogP contribution in [0.4, 0.5) is 5.82 Å². The van der Waals surface area contributed by atoms with Crippen LogP contribution in [0.15, 0.2) is 30.6 Å². The molecule has 0 atom stereocenters. The highest BCUT2D eigenvalue weighted by atomic mass is 16.5. The van der Waals surface area contributed by atoms with Gasteiger partial charge in [0.05, 0.1) is 7.11 Å². The molecule has 5 heteroatoms. The largest absolute Gasteiger partial charge is 0.497 e. The molecule has 0 amide bonds.